The molecule has 4 heterocycles. The van der Waals surface area contributed by atoms with Gasteiger partial charge < -0.3 is 20.1 Å². The molecule has 2 aromatic carbocycles. The van der Waals surface area contributed by atoms with E-state index in [9.17, 15) is 13.2 Å². The Morgan fingerprint density at radius 3 is 2.38 bits per heavy atom. The molecule has 1 aliphatic rings. The number of aliphatic carboxylic acids is 1. The Morgan fingerprint density at radius 2 is 1.70 bits per heavy atom. The molecule has 1 saturated heterocycles. The van der Waals surface area contributed by atoms with Gasteiger partial charge in [0.2, 0.25) is 11.9 Å². The average Bonchev–Trinajstić information content (AvgIpc) is 3.67. The highest BCUT2D eigenvalue weighted by Crippen LogP contribution is 2.21. The summed E-state index contributed by atoms with van der Waals surface area (Å²) in [6.07, 6.45) is 1.60. The van der Waals surface area contributed by atoms with Gasteiger partial charge in [-0.1, -0.05) is 0 Å². The number of hydrogen-bond acceptors (Lipinski definition) is 10. The quantitative estimate of drug-likeness (QED) is 0.330. The van der Waals surface area contributed by atoms with Gasteiger partial charge in [-0.05, 0) is 42.5 Å². The summed E-state index contributed by atoms with van der Waals surface area (Å²) in [7, 11) is 0. The van der Waals surface area contributed by atoms with Crippen LogP contribution in [0.1, 0.15) is 0 Å². The van der Waals surface area contributed by atoms with Gasteiger partial charge in [0.05, 0.1) is 30.1 Å². The van der Waals surface area contributed by atoms with E-state index in [1.807, 2.05) is 42.5 Å². The molecule has 0 radical (unpaired) electrons. The second kappa shape index (κ2) is 11.3. The minimum Gasteiger partial charge on any atom is -0.475 e. The number of morpholine rings is 1. The zero-order chi connectivity index (χ0) is 28.1. The van der Waals surface area contributed by atoms with Crippen molar-refractivity contribution >= 4 is 34.5 Å². The maximum Gasteiger partial charge on any atom is 0.490 e. The van der Waals surface area contributed by atoms with E-state index in [1.54, 1.807) is 28.2 Å². The van der Waals surface area contributed by atoms with Crippen molar-refractivity contribution in [1.29, 1.82) is 0 Å². The van der Waals surface area contributed by atoms with Crippen LogP contribution in [0.15, 0.2) is 67.6 Å². The molecular formula is C24H21F3N10O3. The highest BCUT2D eigenvalue weighted by atomic mass is 19.4. The largest absolute Gasteiger partial charge is 0.490 e. The molecule has 1 fully saturated rings. The van der Waals surface area contributed by atoms with Crippen LogP contribution in [0.3, 0.4) is 0 Å². The van der Waals surface area contributed by atoms with Crippen LogP contribution >= 0.6 is 0 Å². The number of ether oxygens (including phenoxy) is 1. The Labute approximate surface area is 223 Å². The number of carboxylic acid groups (broad SMARTS) is 1. The number of carbonyl (C=O) groups is 1. The van der Waals surface area contributed by atoms with Crippen molar-refractivity contribution < 1.29 is 27.8 Å². The van der Waals surface area contributed by atoms with Gasteiger partial charge in [-0.2, -0.15) is 23.3 Å². The maximum absolute atomic E-state index is 10.6. The standard InChI is InChI=1S/C22H20N10O.C2HF3O2/c1-4-19(31-14-23-13-26-31)11-20-16(1)12-24-21(28-20)27-17-2-5-18(6-3-17)32-15-25-22(29-32)30-7-9-33-10-8-30;3-2(4,5)1(6)7/h1-6,11-15H,7-10H2,(H,24,27,28);(H,6,7). The van der Waals surface area contributed by atoms with Crippen LogP contribution in [0.4, 0.5) is 30.8 Å². The molecule has 3 aromatic heterocycles. The number of halogens is 3. The Morgan fingerprint density at radius 1 is 0.975 bits per heavy atom. The monoisotopic (exact) mass is 554 g/mol. The number of benzene rings is 2. The molecule has 13 nitrogen and oxygen atoms in total. The van der Waals surface area contributed by atoms with Crippen LogP contribution in [0.2, 0.25) is 0 Å². The van der Waals surface area contributed by atoms with E-state index in [1.165, 1.54) is 6.33 Å². The minimum absolute atomic E-state index is 0.515. The summed E-state index contributed by atoms with van der Waals surface area (Å²) in [5.74, 6) is -1.52. The first-order valence-electron chi connectivity index (χ1n) is 11.8. The molecule has 1 aliphatic heterocycles. The molecule has 5 aromatic rings. The third kappa shape index (κ3) is 6.29. The van der Waals surface area contributed by atoms with Crippen molar-refractivity contribution in [2.45, 2.75) is 6.18 Å². The first kappa shape index (κ1) is 26.5. The van der Waals surface area contributed by atoms with E-state index in [2.05, 4.69) is 40.3 Å². The van der Waals surface area contributed by atoms with Gasteiger partial charge in [0.15, 0.2) is 0 Å². The van der Waals surface area contributed by atoms with Crippen LogP contribution in [-0.2, 0) is 9.53 Å². The highest BCUT2D eigenvalue weighted by molar-refractivity contribution is 5.81. The molecular weight excluding hydrogens is 533 g/mol. The Balaban J connectivity index is 0.000000411. The number of rotatable bonds is 5. The van der Waals surface area contributed by atoms with Crippen LogP contribution in [0, 0.1) is 0 Å². The second-order valence-electron chi connectivity index (χ2n) is 8.34. The summed E-state index contributed by atoms with van der Waals surface area (Å²) in [6, 6.07) is 13.8. The zero-order valence-corrected chi connectivity index (χ0v) is 20.6. The van der Waals surface area contributed by atoms with Crippen LogP contribution in [0.25, 0.3) is 22.3 Å². The first-order chi connectivity index (χ1) is 19.3. The average molecular weight is 554 g/mol. The lowest BCUT2D eigenvalue weighted by Crippen LogP contribution is -2.37. The van der Waals surface area contributed by atoms with Crippen LogP contribution in [0.5, 0.6) is 0 Å². The number of nitrogens with one attached hydrogen (secondary N) is 1. The van der Waals surface area contributed by atoms with Gasteiger partial charge in [-0.15, -0.1) is 5.10 Å². The number of carboxylic acids is 1. The number of hydrogen-bond donors (Lipinski definition) is 2. The van der Waals surface area contributed by atoms with Crippen molar-refractivity contribution in [3.05, 3.63) is 67.6 Å². The predicted octanol–water partition coefficient (Wildman–Crippen LogP) is 3.00. The first-order valence-corrected chi connectivity index (χ1v) is 11.8. The molecule has 6 rings (SSSR count). The summed E-state index contributed by atoms with van der Waals surface area (Å²) in [6.45, 7) is 3.01. The van der Waals surface area contributed by atoms with E-state index in [-0.39, 0.29) is 0 Å². The zero-order valence-electron chi connectivity index (χ0n) is 20.6. The summed E-state index contributed by atoms with van der Waals surface area (Å²) < 4.78 is 40.6. The topological polar surface area (TPSA) is 149 Å². The van der Waals surface area contributed by atoms with Gasteiger partial charge in [0.1, 0.15) is 19.0 Å². The molecule has 40 heavy (non-hydrogen) atoms. The summed E-state index contributed by atoms with van der Waals surface area (Å²) in [5.41, 5.74) is 3.50. The fourth-order valence-corrected chi connectivity index (χ4v) is 3.67. The van der Waals surface area contributed by atoms with E-state index in [0.29, 0.717) is 19.2 Å². The van der Waals surface area contributed by atoms with E-state index >= 15 is 0 Å². The van der Waals surface area contributed by atoms with Gasteiger partial charge in [-0.25, -0.2) is 29.1 Å². The number of fused-ring (bicyclic) bond motifs is 1. The SMILES string of the molecule is O=C(O)C(F)(F)F.c1ncn(-c2ccc3cnc(Nc4ccc(-n5cnc(N6CCOCC6)n5)cc4)nc3c2)n1. The lowest BCUT2D eigenvalue weighted by molar-refractivity contribution is -0.192. The summed E-state index contributed by atoms with van der Waals surface area (Å²) in [4.78, 5) is 28.5. The Kier molecular flexibility index (Phi) is 7.50. The van der Waals surface area contributed by atoms with Gasteiger partial charge in [0.25, 0.3) is 0 Å². The second-order valence-corrected chi connectivity index (χ2v) is 8.34. The summed E-state index contributed by atoms with van der Waals surface area (Å²) in [5, 5.41) is 20.1. The lowest BCUT2D eigenvalue weighted by Gasteiger charge is -2.25. The molecule has 0 spiro atoms. The van der Waals surface area contributed by atoms with Crippen molar-refractivity contribution in [3.8, 4) is 11.4 Å². The molecule has 2 N–H and O–H groups in total. The summed E-state index contributed by atoms with van der Waals surface area (Å²) >= 11 is 0. The third-order valence-corrected chi connectivity index (χ3v) is 5.65. The predicted molar refractivity (Wildman–Crippen MR) is 136 cm³/mol. The van der Waals surface area contributed by atoms with Crippen molar-refractivity contribution in [1.82, 2.24) is 39.5 Å². The van der Waals surface area contributed by atoms with Gasteiger partial charge in [0, 0.05) is 30.4 Å². The minimum atomic E-state index is -5.08. The van der Waals surface area contributed by atoms with E-state index in [0.717, 1.165) is 47.0 Å². The Hall–Kier alpha value is -5.12. The number of nitrogens with zero attached hydrogens (tertiary/aromatic N) is 9. The van der Waals surface area contributed by atoms with Crippen molar-refractivity contribution in [3.63, 3.8) is 0 Å². The molecule has 0 aliphatic carbocycles. The number of anilines is 3. The molecule has 0 unspecified atom stereocenters. The molecule has 0 saturated carbocycles. The fourth-order valence-electron chi connectivity index (χ4n) is 3.67. The Bertz CT molecular complexity index is 1580. The van der Waals surface area contributed by atoms with Crippen molar-refractivity contribution in [2.75, 3.05) is 36.5 Å². The molecule has 206 valence electrons. The maximum atomic E-state index is 10.6. The normalized spacial score (nSPS) is 13.5. The number of alkyl halides is 3. The van der Waals surface area contributed by atoms with Crippen molar-refractivity contribution in [2.24, 2.45) is 0 Å². The lowest BCUT2D eigenvalue weighted by atomic mass is 10.2. The smallest absolute Gasteiger partial charge is 0.475 e. The highest BCUT2D eigenvalue weighted by Gasteiger charge is 2.38. The van der Waals surface area contributed by atoms with E-state index < -0.39 is 12.1 Å². The third-order valence-electron chi connectivity index (χ3n) is 5.65. The molecule has 0 bridgehead atoms. The fraction of sp³-hybridized carbons (Fsp3) is 0.208. The molecule has 0 amide bonds. The van der Waals surface area contributed by atoms with Gasteiger partial charge >= 0.3 is 12.1 Å². The molecule has 0 atom stereocenters. The van der Waals surface area contributed by atoms with Crippen LogP contribution in [-0.4, -0.2) is 83.1 Å². The van der Waals surface area contributed by atoms with Crippen LogP contribution < -0.4 is 10.2 Å². The van der Waals surface area contributed by atoms with E-state index in [4.69, 9.17) is 14.6 Å². The van der Waals surface area contributed by atoms with Gasteiger partial charge in [-0.3, -0.25) is 0 Å². The number of aromatic nitrogens is 8. The molecule has 16 heteroatoms.